The summed E-state index contributed by atoms with van der Waals surface area (Å²) in [6.45, 7) is 5.59. The summed E-state index contributed by atoms with van der Waals surface area (Å²) in [5.41, 5.74) is 3.96. The van der Waals surface area contributed by atoms with Crippen molar-refractivity contribution in [1.29, 1.82) is 0 Å². The third-order valence-corrected chi connectivity index (χ3v) is 6.47. The molecule has 1 fully saturated rings. The van der Waals surface area contributed by atoms with E-state index in [1.165, 1.54) is 5.56 Å². The maximum atomic E-state index is 12.4. The molecule has 5 nitrogen and oxygen atoms in total. The Morgan fingerprint density at radius 2 is 1.71 bits per heavy atom. The third kappa shape index (κ3) is 5.66. The number of piperazine rings is 1. The van der Waals surface area contributed by atoms with Crippen molar-refractivity contribution in [2.75, 3.05) is 44.2 Å². The lowest BCUT2D eigenvalue weighted by Crippen LogP contribution is -2.46. The molecule has 1 aromatic heterocycles. The van der Waals surface area contributed by atoms with Gasteiger partial charge in [0.15, 0.2) is 0 Å². The lowest BCUT2D eigenvalue weighted by Gasteiger charge is -2.36. The smallest absolute Gasteiger partial charge is 0.251 e. The van der Waals surface area contributed by atoms with Crippen molar-refractivity contribution in [3.63, 3.8) is 0 Å². The summed E-state index contributed by atoms with van der Waals surface area (Å²) in [7, 11) is 0. The third-order valence-electron chi connectivity index (χ3n) is 5.78. The van der Waals surface area contributed by atoms with E-state index in [0.29, 0.717) is 17.9 Å². The van der Waals surface area contributed by atoms with Gasteiger partial charge in [-0.3, -0.25) is 9.69 Å². The molecule has 1 saturated heterocycles. The molecule has 0 unspecified atom stereocenters. The second-order valence-electron chi connectivity index (χ2n) is 7.87. The molecule has 0 atom stereocenters. The highest BCUT2D eigenvalue weighted by molar-refractivity contribution is 7.08. The minimum Gasteiger partial charge on any atom is -0.506 e. The number of rotatable bonds is 8. The van der Waals surface area contributed by atoms with Crippen LogP contribution in [0.3, 0.4) is 0 Å². The summed E-state index contributed by atoms with van der Waals surface area (Å²) in [5.74, 6) is 0.348. The number of phenolic OH excluding ortho intramolecular Hbond substituents is 1. The fourth-order valence-corrected chi connectivity index (χ4v) is 4.62. The molecule has 2 aromatic carbocycles. The molecule has 162 valence electrons. The number of unbranched alkanes of at least 4 members (excludes halogenated alkanes) is 1. The first-order valence-electron chi connectivity index (χ1n) is 10.9. The quantitative estimate of drug-likeness (QED) is 0.513. The standard InChI is InChI=1S/C25H29N3O2S/c29-24-6-2-1-5-23(24)28-16-14-27(15-17-28)13-4-3-12-26-25(30)21-9-7-20(8-10-21)22-11-18-31-19-22/h1-2,5-11,18-19,29H,3-4,12-17H2,(H,26,30). The number of para-hydroxylation sites is 2. The van der Waals surface area contributed by atoms with Crippen molar-refractivity contribution in [2.45, 2.75) is 12.8 Å². The summed E-state index contributed by atoms with van der Waals surface area (Å²) in [4.78, 5) is 17.1. The number of phenols is 1. The molecule has 0 spiro atoms. The van der Waals surface area contributed by atoms with Crippen LogP contribution in [0.5, 0.6) is 5.75 Å². The van der Waals surface area contributed by atoms with Crippen LogP contribution >= 0.6 is 11.3 Å². The zero-order valence-corrected chi connectivity index (χ0v) is 18.5. The Balaban J connectivity index is 1.13. The van der Waals surface area contributed by atoms with E-state index in [1.54, 1.807) is 17.4 Å². The second-order valence-corrected chi connectivity index (χ2v) is 8.65. The minimum atomic E-state index is -0.00634. The maximum absolute atomic E-state index is 12.4. The van der Waals surface area contributed by atoms with Crippen molar-refractivity contribution in [3.05, 3.63) is 70.9 Å². The molecule has 1 aliphatic rings. The molecular weight excluding hydrogens is 406 g/mol. The van der Waals surface area contributed by atoms with Gasteiger partial charge in [0, 0.05) is 38.3 Å². The number of anilines is 1. The van der Waals surface area contributed by atoms with Crippen LogP contribution in [-0.2, 0) is 0 Å². The largest absolute Gasteiger partial charge is 0.506 e. The van der Waals surface area contributed by atoms with E-state index in [9.17, 15) is 9.90 Å². The predicted octanol–water partition coefficient (Wildman–Crippen LogP) is 4.45. The van der Waals surface area contributed by atoms with Crippen LogP contribution in [0.25, 0.3) is 11.1 Å². The average Bonchev–Trinajstić information content (AvgIpc) is 3.35. The fraction of sp³-hybridized carbons (Fsp3) is 0.320. The van der Waals surface area contributed by atoms with Crippen LogP contribution in [0.15, 0.2) is 65.4 Å². The van der Waals surface area contributed by atoms with E-state index in [2.05, 4.69) is 31.9 Å². The van der Waals surface area contributed by atoms with Gasteiger partial charge >= 0.3 is 0 Å². The van der Waals surface area contributed by atoms with Crippen LogP contribution in [-0.4, -0.2) is 55.2 Å². The van der Waals surface area contributed by atoms with E-state index in [-0.39, 0.29) is 5.91 Å². The van der Waals surface area contributed by atoms with Crippen LogP contribution < -0.4 is 10.2 Å². The van der Waals surface area contributed by atoms with Gasteiger partial charge in [-0.05, 0) is 71.6 Å². The molecule has 0 saturated carbocycles. The first-order valence-corrected chi connectivity index (χ1v) is 11.8. The molecule has 0 radical (unpaired) electrons. The van der Waals surface area contributed by atoms with Crippen LogP contribution in [0.4, 0.5) is 5.69 Å². The van der Waals surface area contributed by atoms with Gasteiger partial charge in [-0.1, -0.05) is 24.3 Å². The van der Waals surface area contributed by atoms with Gasteiger partial charge in [0.2, 0.25) is 0 Å². The molecule has 0 aliphatic carbocycles. The van der Waals surface area contributed by atoms with Crippen LogP contribution in [0.1, 0.15) is 23.2 Å². The molecule has 4 rings (SSSR count). The van der Waals surface area contributed by atoms with Gasteiger partial charge in [0.1, 0.15) is 5.75 Å². The number of hydrogen-bond acceptors (Lipinski definition) is 5. The zero-order chi connectivity index (χ0) is 21.5. The zero-order valence-electron chi connectivity index (χ0n) is 17.7. The van der Waals surface area contributed by atoms with E-state index in [1.807, 2.05) is 42.5 Å². The second kappa shape index (κ2) is 10.5. The van der Waals surface area contributed by atoms with E-state index in [0.717, 1.165) is 56.8 Å². The Kier molecular flexibility index (Phi) is 7.22. The van der Waals surface area contributed by atoms with Gasteiger partial charge in [0.25, 0.3) is 5.91 Å². The first kappa shape index (κ1) is 21.4. The Morgan fingerprint density at radius 3 is 2.42 bits per heavy atom. The number of carbonyl (C=O) groups is 1. The van der Waals surface area contributed by atoms with Crippen molar-refractivity contribution in [2.24, 2.45) is 0 Å². The van der Waals surface area contributed by atoms with Gasteiger partial charge in [-0.2, -0.15) is 11.3 Å². The summed E-state index contributed by atoms with van der Waals surface area (Å²) >= 11 is 1.68. The highest BCUT2D eigenvalue weighted by Gasteiger charge is 2.18. The molecule has 3 aromatic rings. The van der Waals surface area contributed by atoms with E-state index >= 15 is 0 Å². The van der Waals surface area contributed by atoms with Crippen molar-refractivity contribution >= 4 is 22.9 Å². The molecule has 1 amide bonds. The molecule has 6 heteroatoms. The number of amides is 1. The Hall–Kier alpha value is -2.83. The van der Waals surface area contributed by atoms with Crippen LogP contribution in [0.2, 0.25) is 0 Å². The van der Waals surface area contributed by atoms with Gasteiger partial charge in [-0.15, -0.1) is 0 Å². The summed E-state index contributed by atoms with van der Waals surface area (Å²) in [5, 5.41) is 17.2. The summed E-state index contributed by atoms with van der Waals surface area (Å²) in [6.07, 6.45) is 2.03. The number of thiophene rings is 1. The summed E-state index contributed by atoms with van der Waals surface area (Å²) in [6, 6.07) is 17.4. The molecule has 0 bridgehead atoms. The normalized spacial score (nSPS) is 14.5. The molecular formula is C25H29N3O2S. The lowest BCUT2D eigenvalue weighted by molar-refractivity contribution is 0.0952. The average molecular weight is 436 g/mol. The molecule has 2 heterocycles. The Morgan fingerprint density at radius 1 is 0.935 bits per heavy atom. The van der Waals surface area contributed by atoms with E-state index in [4.69, 9.17) is 0 Å². The summed E-state index contributed by atoms with van der Waals surface area (Å²) < 4.78 is 0. The topological polar surface area (TPSA) is 55.8 Å². The number of nitrogens with one attached hydrogen (secondary N) is 1. The van der Waals surface area contributed by atoms with Crippen LogP contribution in [0, 0.1) is 0 Å². The Labute approximate surface area is 187 Å². The van der Waals surface area contributed by atoms with Crippen molar-refractivity contribution in [1.82, 2.24) is 10.2 Å². The molecule has 2 N–H and O–H groups in total. The van der Waals surface area contributed by atoms with Crippen molar-refractivity contribution < 1.29 is 9.90 Å². The van der Waals surface area contributed by atoms with E-state index < -0.39 is 0 Å². The molecule has 1 aliphatic heterocycles. The Bertz CT molecular complexity index is 965. The number of hydrogen-bond donors (Lipinski definition) is 2. The van der Waals surface area contributed by atoms with Crippen molar-refractivity contribution in [3.8, 4) is 16.9 Å². The monoisotopic (exact) mass is 435 g/mol. The van der Waals surface area contributed by atoms with Gasteiger partial charge in [-0.25, -0.2) is 0 Å². The first-order chi connectivity index (χ1) is 15.2. The number of carbonyl (C=O) groups excluding carboxylic acids is 1. The minimum absolute atomic E-state index is 0.00634. The van der Waals surface area contributed by atoms with Gasteiger partial charge in [0.05, 0.1) is 5.69 Å². The molecule has 31 heavy (non-hydrogen) atoms. The van der Waals surface area contributed by atoms with Gasteiger partial charge < -0.3 is 15.3 Å². The maximum Gasteiger partial charge on any atom is 0.251 e. The number of nitrogens with zero attached hydrogens (tertiary/aromatic N) is 2. The highest BCUT2D eigenvalue weighted by Crippen LogP contribution is 2.27. The highest BCUT2D eigenvalue weighted by atomic mass is 32.1. The fourth-order valence-electron chi connectivity index (χ4n) is 3.95. The number of aromatic hydroxyl groups is 1. The lowest BCUT2D eigenvalue weighted by atomic mass is 10.1. The SMILES string of the molecule is O=C(NCCCCN1CCN(c2ccccc2O)CC1)c1ccc(-c2ccsc2)cc1. The predicted molar refractivity (Wildman–Crippen MR) is 128 cm³/mol. The number of benzene rings is 2.